The lowest BCUT2D eigenvalue weighted by molar-refractivity contribution is -0.624. The zero-order valence-corrected chi connectivity index (χ0v) is 66.8. The lowest BCUT2D eigenvalue weighted by Crippen LogP contribution is -2.41. The molecule has 0 saturated carbocycles. The van der Waals surface area contributed by atoms with Gasteiger partial charge in [-0.1, -0.05) is 34.8 Å². The van der Waals surface area contributed by atoms with E-state index in [1.807, 2.05) is 0 Å². The molecule has 0 amide bonds. The Morgan fingerprint density at radius 1 is 0.415 bits per heavy atom. The van der Waals surface area contributed by atoms with Gasteiger partial charge in [-0.25, -0.2) is 24.9 Å². The van der Waals surface area contributed by atoms with Crippen LogP contribution in [0.3, 0.4) is 0 Å². The predicted molar refractivity (Wildman–Crippen MR) is 411 cm³/mol. The van der Waals surface area contributed by atoms with Crippen LogP contribution in [0.5, 0.6) is 0 Å². The van der Waals surface area contributed by atoms with Crippen LogP contribution in [0, 0.1) is 26.0 Å². The van der Waals surface area contributed by atoms with Crippen LogP contribution in [0.15, 0.2) is 194 Å². The predicted octanol–water partition coefficient (Wildman–Crippen LogP) is 4.04. The molecule has 0 unspecified atom stereocenters. The van der Waals surface area contributed by atoms with E-state index < -0.39 is 180 Å². The molecular formula is C69H66BrCl3F10N20O20. The third kappa shape index (κ3) is 29.6. The lowest BCUT2D eigenvalue weighted by Gasteiger charge is -2.16. The summed E-state index contributed by atoms with van der Waals surface area (Å²) in [7, 11) is 0. The summed E-state index contributed by atoms with van der Waals surface area (Å²) in [5, 5.41) is 90.5. The average Bonchev–Trinajstić information content (AvgIpc) is 0.814. The molecule has 10 aromatic heterocycles. The number of anilines is 4. The van der Waals surface area contributed by atoms with Crippen LogP contribution in [-0.2, 0) is 95.8 Å². The number of nitrogens with two attached hydrogens (primary N) is 1. The summed E-state index contributed by atoms with van der Waals surface area (Å²) in [6.07, 6.45) is 12.9. The van der Waals surface area contributed by atoms with E-state index in [9.17, 15) is 118 Å². The number of hydrogen-bond donors (Lipinski definition) is 8. The first-order valence-electron chi connectivity index (χ1n) is 34.2. The number of aromatic nitrogens is 15. The molecule has 10 aromatic rings. The molecule has 123 heavy (non-hydrogen) atoms. The lowest BCUT2D eigenvalue weighted by atomic mass is 10.2. The van der Waals surface area contributed by atoms with Crippen LogP contribution in [0.4, 0.5) is 67.2 Å². The summed E-state index contributed by atoms with van der Waals surface area (Å²) in [6, 6.07) is 18.0. The number of alkyl halides is 10. The Morgan fingerprint density at radius 2 is 0.667 bits per heavy atom. The molecule has 10 heterocycles. The highest BCUT2D eigenvalue weighted by Gasteiger charge is 2.43. The van der Waals surface area contributed by atoms with Gasteiger partial charge >= 0.3 is 59.5 Å². The van der Waals surface area contributed by atoms with E-state index in [-0.39, 0.29) is 74.8 Å². The Kier molecular flexibility index (Phi) is 37.1. The number of ether oxygens (including phenoxy) is 2. The number of hydrogen-bond acceptors (Lipinski definition) is 27. The number of carboxylic acid groups (broad SMARTS) is 3. The molecular weight excluding hydrogens is 1810 g/mol. The third-order valence-electron chi connectivity index (χ3n) is 15.1. The number of pyridine rings is 5. The van der Waals surface area contributed by atoms with Crippen LogP contribution < -0.4 is 78.4 Å². The number of nitrogens with one attached hydrogen (secondary N) is 4. The minimum Gasteiger partial charge on any atom is -0.618 e. The quantitative estimate of drug-likeness (QED) is 0.0136. The molecule has 54 heteroatoms. The summed E-state index contributed by atoms with van der Waals surface area (Å²) in [5.41, 5.74) is -3.00. The highest BCUT2D eigenvalue weighted by atomic mass is 79.9. The first-order chi connectivity index (χ1) is 57.7. The zero-order valence-electron chi connectivity index (χ0n) is 62.9. The Bertz CT molecular complexity index is 5350. The fourth-order valence-corrected chi connectivity index (χ4v) is 10.2. The van der Waals surface area contributed by atoms with E-state index in [2.05, 4.69) is 62.1 Å². The molecule has 9 N–H and O–H groups in total. The molecule has 0 atom stereocenters. The van der Waals surface area contributed by atoms with Crippen molar-refractivity contribution in [2.24, 2.45) is 5.73 Å². The van der Waals surface area contributed by atoms with Crippen molar-refractivity contribution in [2.45, 2.75) is 76.2 Å². The first-order valence-corrected chi connectivity index (χ1v) is 36.1. The van der Waals surface area contributed by atoms with Gasteiger partial charge in [0, 0.05) is 85.5 Å². The molecule has 0 aromatic carbocycles. The summed E-state index contributed by atoms with van der Waals surface area (Å²) in [4.78, 5) is 132. The molecule has 10 rings (SSSR count). The van der Waals surface area contributed by atoms with Gasteiger partial charge in [0.05, 0.1) is 64.5 Å². The van der Waals surface area contributed by atoms with Gasteiger partial charge in [0.1, 0.15) is 48.2 Å². The maximum absolute atomic E-state index is 14.2. The number of rotatable bonds is 30. The van der Waals surface area contributed by atoms with E-state index in [1.54, 1.807) is 13.8 Å². The van der Waals surface area contributed by atoms with Crippen molar-refractivity contribution in [3.8, 4) is 0 Å². The third-order valence-corrected chi connectivity index (χ3v) is 16.5. The SMILES string of the molecule is CCOC(=O)Cn1ccnc(Br)c1=O.CCOC(=O)Cn1ccnc(NCC(F)(F)c2cccc[n+]2[O-])c1=O.NCC(F)(F)c1cccc[n+]1[O-].O=C(O)Cn1c(Cl)cnc(NCC(F)(F)c2cccc[n+]2[O-])c1=O.O=C(O)Cn1c(Cl)cnc(NCC(F)(F)c2cccc[n+]2[O-])c1=O.O=C(O)Cn1c(Cl)cnc(NCC(F)(F)c2cccc[n+]2[O-])c1=O. The number of halogens is 14. The van der Waals surface area contributed by atoms with Crippen LogP contribution in [0.1, 0.15) is 42.3 Å². The minimum absolute atomic E-state index is 0.0136. The molecule has 0 aliphatic rings. The Hall–Kier alpha value is -13.7. The summed E-state index contributed by atoms with van der Waals surface area (Å²) >= 11 is 20.0. The van der Waals surface area contributed by atoms with Crippen LogP contribution in [-0.4, -0.2) is 139 Å². The van der Waals surface area contributed by atoms with E-state index in [1.165, 1.54) is 90.0 Å². The summed E-state index contributed by atoms with van der Waals surface area (Å²) in [5.74, 6) is -24.5. The van der Waals surface area contributed by atoms with E-state index in [0.717, 1.165) is 84.5 Å². The highest BCUT2D eigenvalue weighted by molar-refractivity contribution is 9.10. The first kappa shape index (κ1) is 99.9. The summed E-state index contributed by atoms with van der Waals surface area (Å²) in [6.45, 7) is -4.03. The van der Waals surface area contributed by atoms with Crippen LogP contribution in [0.25, 0.3) is 0 Å². The number of esters is 2. The molecule has 40 nitrogen and oxygen atoms in total. The van der Waals surface area contributed by atoms with Gasteiger partial charge in [-0.2, -0.15) is 67.6 Å². The number of aliphatic carboxylic acids is 3. The maximum atomic E-state index is 14.2. The normalized spacial score (nSPS) is 11.1. The smallest absolute Gasteiger partial charge is 0.347 e. The molecule has 0 bridgehead atoms. The summed E-state index contributed by atoms with van der Waals surface area (Å²) < 4.78 is 152. The van der Waals surface area contributed by atoms with Crippen LogP contribution in [0.2, 0.25) is 15.5 Å². The Balaban J connectivity index is 0.000000267. The van der Waals surface area contributed by atoms with Crippen molar-refractivity contribution in [1.82, 2.24) is 47.8 Å². The van der Waals surface area contributed by atoms with E-state index >= 15 is 0 Å². The second-order valence-corrected chi connectivity index (χ2v) is 25.7. The van der Waals surface area contributed by atoms with Gasteiger partial charge < -0.3 is 82.4 Å². The van der Waals surface area contributed by atoms with Gasteiger partial charge in [0.25, 0.3) is 56.3 Å². The van der Waals surface area contributed by atoms with Crippen LogP contribution >= 0.6 is 50.7 Å². The van der Waals surface area contributed by atoms with Gasteiger partial charge in [-0.05, 0) is 60.1 Å². The van der Waals surface area contributed by atoms with Crippen molar-refractivity contribution in [3.63, 3.8) is 0 Å². The molecule has 660 valence electrons. The topological polar surface area (TPSA) is 548 Å². The molecule has 0 saturated heterocycles. The maximum Gasteiger partial charge on any atom is 0.347 e. The van der Waals surface area contributed by atoms with Gasteiger partial charge in [-0.15, -0.1) is 0 Å². The molecule has 0 aliphatic heterocycles. The number of nitrogens with zero attached hydrogens (tertiary/aromatic N) is 15. The van der Waals surface area contributed by atoms with Crippen molar-refractivity contribution in [1.29, 1.82) is 0 Å². The number of carboxylic acids is 3. The molecule has 0 aliphatic carbocycles. The monoisotopic (exact) mass is 1870 g/mol. The van der Waals surface area contributed by atoms with Gasteiger partial charge in [0.2, 0.25) is 0 Å². The fraction of sp³-hybridized carbons (Fsp3) is 0.275. The highest BCUT2D eigenvalue weighted by Crippen LogP contribution is 2.29. The standard InChI is InChI=1S/C15H16F2N4O4.3C13H11ClF2N4O4.C8H9BrN2O3.C7H8F2N2O/c1-2-25-12(22)9-20-8-6-18-13(14(20)23)19-10-15(16,17)11-5-3-4-7-21(11)24;3*14-9-5-17-11(12(23)19(9)6-10(21)22)18-7-13(15,16)8-3-1-2-4-20(8)24;1-2-14-6(12)5-11-4-3-10-7(9)8(11)13;8-7(9,5-10)6-3-1-2-4-11(6)12/h3-8H,2,9-10H2,1H3,(H,18,19);3*1-5H,6-7H2,(H,17,18)(H,21,22);3-4H,2,5H2,1H3;1-4H,5,10H2. The van der Waals surface area contributed by atoms with Crippen molar-refractivity contribution >= 4 is 104 Å². The zero-order chi connectivity index (χ0) is 91.9. The van der Waals surface area contributed by atoms with Crippen molar-refractivity contribution < 1.29 is 116 Å². The number of carbonyl (C=O) groups is 5. The van der Waals surface area contributed by atoms with Crippen molar-refractivity contribution in [2.75, 3.05) is 67.2 Å². The minimum atomic E-state index is -3.59. The Labute approximate surface area is 705 Å². The second kappa shape index (κ2) is 45.6. The molecule has 0 radical (unpaired) electrons. The molecule has 0 fully saturated rings. The Morgan fingerprint density at radius 3 is 0.919 bits per heavy atom. The largest absolute Gasteiger partial charge is 0.618 e. The number of carbonyl (C=O) groups excluding carboxylic acids is 2. The fourth-order valence-electron chi connectivity index (χ4n) is 9.35. The van der Waals surface area contributed by atoms with E-state index in [0.29, 0.717) is 20.3 Å². The average molecular weight is 1870 g/mol. The second-order valence-electron chi connectivity index (χ2n) is 23.8. The van der Waals surface area contributed by atoms with Gasteiger partial charge in [0.15, 0.2) is 58.9 Å². The molecule has 0 spiro atoms. The van der Waals surface area contributed by atoms with E-state index in [4.69, 9.17) is 65.3 Å². The van der Waals surface area contributed by atoms with Gasteiger partial charge in [-0.3, -0.25) is 66.2 Å². The van der Waals surface area contributed by atoms with Crippen molar-refractivity contribution in [3.05, 3.63) is 292 Å².